The van der Waals surface area contributed by atoms with Gasteiger partial charge in [0.25, 0.3) is 0 Å². The minimum Gasteiger partial charge on any atom is -0.469 e. The number of nitrogens with one attached hydrogen (secondary N) is 2. The second kappa shape index (κ2) is 13.2. The van der Waals surface area contributed by atoms with Crippen LogP contribution in [0.15, 0.2) is 4.99 Å². The van der Waals surface area contributed by atoms with Crippen LogP contribution in [0.25, 0.3) is 0 Å². The van der Waals surface area contributed by atoms with Crippen LogP contribution in [0.2, 0.25) is 0 Å². The molecule has 0 aromatic rings. The number of aliphatic imine (C=N–C) groups is 1. The molecule has 0 radical (unpaired) electrons. The smallest absolute Gasteiger partial charge is 0.305 e. The molecule has 8 heteroatoms. The van der Waals surface area contributed by atoms with E-state index in [1.165, 1.54) is 7.11 Å². The van der Waals surface area contributed by atoms with Crippen LogP contribution in [-0.2, 0) is 14.3 Å². The first-order valence-electron chi connectivity index (χ1n) is 9.26. The van der Waals surface area contributed by atoms with Gasteiger partial charge in [0.2, 0.25) is 5.91 Å². The first kappa shape index (κ1) is 24.9. The average molecular weight is 482 g/mol. The molecule has 0 saturated heterocycles. The van der Waals surface area contributed by atoms with Crippen LogP contribution in [0, 0.1) is 5.41 Å². The molecule has 0 aromatic heterocycles. The molecule has 1 aliphatic carbocycles. The minimum absolute atomic E-state index is 0. The monoisotopic (exact) mass is 482 g/mol. The van der Waals surface area contributed by atoms with Crippen molar-refractivity contribution < 1.29 is 14.3 Å². The predicted molar refractivity (Wildman–Crippen MR) is 115 cm³/mol. The number of amides is 1. The molecule has 2 N–H and O–H groups in total. The summed E-state index contributed by atoms with van der Waals surface area (Å²) in [5, 5.41) is 6.51. The van der Waals surface area contributed by atoms with Crippen molar-refractivity contribution in [2.24, 2.45) is 10.4 Å². The van der Waals surface area contributed by atoms with Crippen molar-refractivity contribution in [2.45, 2.75) is 51.9 Å². The Morgan fingerprint density at radius 1 is 1.15 bits per heavy atom. The van der Waals surface area contributed by atoms with Gasteiger partial charge >= 0.3 is 5.97 Å². The highest BCUT2D eigenvalue weighted by atomic mass is 127. The number of hydrogen-bond acceptors (Lipinski definition) is 4. The molecule has 26 heavy (non-hydrogen) atoms. The van der Waals surface area contributed by atoms with Gasteiger partial charge in [-0.2, -0.15) is 0 Å². The number of unbranched alkanes of at least 4 members (excludes halogenated alkanes) is 1. The zero-order valence-electron chi connectivity index (χ0n) is 16.6. The number of guanidine groups is 1. The Morgan fingerprint density at radius 2 is 1.81 bits per heavy atom. The van der Waals surface area contributed by atoms with Crippen LogP contribution < -0.4 is 10.6 Å². The van der Waals surface area contributed by atoms with E-state index in [4.69, 9.17) is 0 Å². The average Bonchev–Trinajstić information content (AvgIpc) is 3.08. The summed E-state index contributed by atoms with van der Waals surface area (Å²) >= 11 is 0. The molecular formula is C18H35IN4O3. The summed E-state index contributed by atoms with van der Waals surface area (Å²) in [6.07, 6.45) is 6.08. The fraction of sp³-hybridized carbons (Fsp3) is 0.833. The lowest BCUT2D eigenvalue weighted by molar-refractivity contribution is -0.141. The molecule has 0 heterocycles. The van der Waals surface area contributed by atoms with E-state index >= 15 is 0 Å². The minimum atomic E-state index is -0.350. The highest BCUT2D eigenvalue weighted by molar-refractivity contribution is 14.0. The van der Waals surface area contributed by atoms with Crippen LogP contribution >= 0.6 is 24.0 Å². The van der Waals surface area contributed by atoms with Gasteiger partial charge in [-0.1, -0.05) is 12.8 Å². The standard InChI is InChI=1S/C18H34N4O3.HI/c1-5-19-17(20-13-9-6-10-15(23)25-4)21-14-18(11-7-8-12-18)16(24)22(2)3;/h5-14H2,1-4H3,(H2,19,20,21);1H. The fourth-order valence-electron chi connectivity index (χ4n) is 3.24. The Labute approximate surface area is 174 Å². The first-order chi connectivity index (χ1) is 11.9. The molecule has 0 atom stereocenters. The number of carbonyl (C=O) groups is 2. The Bertz CT molecular complexity index is 463. The Balaban J connectivity index is 0.00000625. The predicted octanol–water partition coefficient (Wildman–Crippen LogP) is 2.15. The maximum Gasteiger partial charge on any atom is 0.305 e. The number of methoxy groups -OCH3 is 1. The largest absolute Gasteiger partial charge is 0.469 e. The maximum absolute atomic E-state index is 12.6. The molecule has 0 unspecified atom stereocenters. The molecule has 7 nitrogen and oxygen atoms in total. The molecule has 1 saturated carbocycles. The van der Waals surface area contributed by atoms with E-state index in [2.05, 4.69) is 20.4 Å². The van der Waals surface area contributed by atoms with Crippen molar-refractivity contribution in [2.75, 3.05) is 40.8 Å². The number of hydrogen-bond donors (Lipinski definition) is 2. The van der Waals surface area contributed by atoms with E-state index in [-0.39, 0.29) is 41.3 Å². The van der Waals surface area contributed by atoms with Crippen LogP contribution in [0.1, 0.15) is 51.9 Å². The number of esters is 1. The molecule has 1 aliphatic rings. The van der Waals surface area contributed by atoms with Crippen molar-refractivity contribution in [3.8, 4) is 0 Å². The summed E-state index contributed by atoms with van der Waals surface area (Å²) in [6, 6.07) is 0. The van der Waals surface area contributed by atoms with Crippen molar-refractivity contribution in [3.05, 3.63) is 0 Å². The van der Waals surface area contributed by atoms with Crippen molar-refractivity contribution in [1.29, 1.82) is 0 Å². The Morgan fingerprint density at radius 3 is 2.35 bits per heavy atom. The maximum atomic E-state index is 12.6. The van der Waals surface area contributed by atoms with Gasteiger partial charge in [0.15, 0.2) is 5.96 Å². The van der Waals surface area contributed by atoms with Gasteiger partial charge < -0.3 is 20.3 Å². The number of carbonyl (C=O) groups excluding carboxylic acids is 2. The SMILES string of the molecule is CCNC(=NCC1(C(=O)N(C)C)CCCC1)NCCCCC(=O)OC.I. The van der Waals surface area contributed by atoms with E-state index in [1.807, 2.05) is 21.0 Å². The third-order valence-corrected chi connectivity index (χ3v) is 4.63. The van der Waals surface area contributed by atoms with Crippen LogP contribution in [0.4, 0.5) is 0 Å². The van der Waals surface area contributed by atoms with Gasteiger partial charge in [0.1, 0.15) is 0 Å². The quantitative estimate of drug-likeness (QED) is 0.173. The van der Waals surface area contributed by atoms with Crippen molar-refractivity contribution in [3.63, 3.8) is 0 Å². The summed E-state index contributed by atoms with van der Waals surface area (Å²) in [7, 11) is 5.04. The second-order valence-corrected chi connectivity index (χ2v) is 6.84. The van der Waals surface area contributed by atoms with Gasteiger partial charge in [0.05, 0.1) is 19.1 Å². The van der Waals surface area contributed by atoms with Crippen LogP contribution in [0.5, 0.6) is 0 Å². The lowest BCUT2D eigenvalue weighted by atomic mass is 9.85. The summed E-state index contributed by atoms with van der Waals surface area (Å²) < 4.78 is 4.63. The van der Waals surface area contributed by atoms with E-state index in [0.29, 0.717) is 13.0 Å². The van der Waals surface area contributed by atoms with E-state index in [1.54, 1.807) is 4.90 Å². The Hall–Kier alpha value is -1.06. The van der Waals surface area contributed by atoms with Crippen LogP contribution in [-0.4, -0.2) is 63.6 Å². The second-order valence-electron chi connectivity index (χ2n) is 6.84. The third-order valence-electron chi connectivity index (χ3n) is 4.63. The molecule has 1 rings (SSSR count). The lowest BCUT2D eigenvalue weighted by Gasteiger charge is -2.29. The molecule has 152 valence electrons. The van der Waals surface area contributed by atoms with Gasteiger partial charge in [-0.25, -0.2) is 0 Å². The topological polar surface area (TPSA) is 83.0 Å². The number of rotatable bonds is 9. The van der Waals surface area contributed by atoms with Crippen molar-refractivity contribution >= 4 is 41.8 Å². The number of ether oxygens (including phenoxy) is 1. The van der Waals surface area contributed by atoms with E-state index < -0.39 is 0 Å². The summed E-state index contributed by atoms with van der Waals surface area (Å²) in [6.45, 7) is 4.03. The normalized spacial score (nSPS) is 15.8. The number of nitrogens with zero attached hydrogens (tertiary/aromatic N) is 2. The zero-order chi connectivity index (χ0) is 18.7. The summed E-state index contributed by atoms with van der Waals surface area (Å²) in [5.41, 5.74) is -0.350. The Kier molecular flexibility index (Phi) is 12.6. The highest BCUT2D eigenvalue weighted by Gasteiger charge is 2.41. The number of halogens is 1. The fourth-order valence-corrected chi connectivity index (χ4v) is 3.24. The van der Waals surface area contributed by atoms with Gasteiger partial charge in [0, 0.05) is 33.6 Å². The molecule has 1 fully saturated rings. The molecule has 0 aliphatic heterocycles. The van der Waals surface area contributed by atoms with Gasteiger partial charge in [-0.15, -0.1) is 24.0 Å². The third kappa shape index (κ3) is 8.09. The molecule has 0 aromatic carbocycles. The van der Waals surface area contributed by atoms with Crippen molar-refractivity contribution in [1.82, 2.24) is 15.5 Å². The van der Waals surface area contributed by atoms with Crippen LogP contribution in [0.3, 0.4) is 0 Å². The molecular weight excluding hydrogens is 447 g/mol. The van der Waals surface area contributed by atoms with E-state index in [9.17, 15) is 9.59 Å². The summed E-state index contributed by atoms with van der Waals surface area (Å²) in [5.74, 6) is 0.743. The highest BCUT2D eigenvalue weighted by Crippen LogP contribution is 2.39. The molecule has 1 amide bonds. The summed E-state index contributed by atoms with van der Waals surface area (Å²) in [4.78, 5) is 30.1. The first-order valence-corrected chi connectivity index (χ1v) is 9.26. The van der Waals surface area contributed by atoms with Gasteiger partial charge in [-0.05, 0) is 32.6 Å². The van der Waals surface area contributed by atoms with Gasteiger partial charge in [-0.3, -0.25) is 14.6 Å². The zero-order valence-corrected chi connectivity index (χ0v) is 18.9. The lowest BCUT2D eigenvalue weighted by Crippen LogP contribution is -2.43. The molecule has 0 spiro atoms. The molecule has 0 bridgehead atoms. The van der Waals surface area contributed by atoms with E-state index in [0.717, 1.165) is 57.6 Å².